The van der Waals surface area contributed by atoms with Crippen molar-refractivity contribution in [3.63, 3.8) is 0 Å². The minimum Gasteiger partial charge on any atom is -0.384 e. The molecule has 0 saturated carbocycles. The zero-order valence-corrected chi connectivity index (χ0v) is 32.7. The highest BCUT2D eigenvalue weighted by atomic mass is 16.5. The van der Waals surface area contributed by atoms with Gasteiger partial charge in [0.25, 0.3) is 0 Å². The van der Waals surface area contributed by atoms with E-state index in [0.29, 0.717) is 29.5 Å². The maximum Gasteiger partial charge on any atom is 0.0518 e. The molecular weight excluding hydrogens is 496 g/mol. The first-order chi connectivity index (χ1) is 18.0. The second-order valence-electron chi connectivity index (χ2n) is 13.7. The summed E-state index contributed by atoms with van der Waals surface area (Å²) in [5, 5.41) is 0. The summed E-state index contributed by atoms with van der Waals surface area (Å²) >= 11 is 0. The first-order valence-corrected chi connectivity index (χ1v) is 16.2. The summed E-state index contributed by atoms with van der Waals surface area (Å²) in [5.41, 5.74) is 0.500. The molecule has 0 aliphatic heterocycles. The molecule has 254 valence electrons. The Kier molecular flexibility index (Phi) is 60.3. The summed E-state index contributed by atoms with van der Waals surface area (Å²) in [6.45, 7) is 48.5. The van der Waals surface area contributed by atoms with Crippen molar-refractivity contribution in [2.24, 2.45) is 35.0 Å². The molecule has 0 rings (SSSR count). The van der Waals surface area contributed by atoms with Gasteiger partial charge in [0.2, 0.25) is 0 Å². The first-order valence-electron chi connectivity index (χ1n) is 16.2. The molecule has 0 aliphatic rings. The van der Waals surface area contributed by atoms with E-state index in [1.54, 1.807) is 14.2 Å². The van der Waals surface area contributed by atoms with Gasteiger partial charge in [-0.15, -0.1) is 0 Å². The van der Waals surface area contributed by atoms with Crippen LogP contribution in [0.3, 0.4) is 0 Å². The molecule has 0 fully saturated rings. The van der Waals surface area contributed by atoms with Gasteiger partial charge < -0.3 is 18.9 Å². The fraction of sp³-hybridized carbons (Fsp3) is 1.00. The van der Waals surface area contributed by atoms with Gasteiger partial charge in [-0.2, -0.15) is 0 Å². The molecule has 4 nitrogen and oxygen atoms in total. The first kappa shape index (κ1) is 55.7. The van der Waals surface area contributed by atoms with Gasteiger partial charge in [-0.1, -0.05) is 110 Å². The Labute approximate surface area is 258 Å². The largest absolute Gasteiger partial charge is 0.384 e. The number of hydrogen-bond donors (Lipinski definition) is 0. The molecular formula is C36H86O4. The second-order valence-corrected chi connectivity index (χ2v) is 13.7. The van der Waals surface area contributed by atoms with Gasteiger partial charge in [-0.05, 0) is 76.5 Å². The molecule has 0 amide bonds. The van der Waals surface area contributed by atoms with E-state index in [4.69, 9.17) is 18.9 Å². The summed E-state index contributed by atoms with van der Waals surface area (Å²) in [4.78, 5) is 0. The summed E-state index contributed by atoms with van der Waals surface area (Å²) in [6.07, 6.45) is 2.09. The van der Waals surface area contributed by atoms with Gasteiger partial charge in [0.05, 0.1) is 12.2 Å². The van der Waals surface area contributed by atoms with E-state index in [1.165, 1.54) is 6.42 Å². The molecule has 0 atom stereocenters. The highest BCUT2D eigenvalue weighted by Crippen LogP contribution is 2.23. The monoisotopic (exact) mass is 583 g/mol. The van der Waals surface area contributed by atoms with Crippen molar-refractivity contribution in [2.45, 2.75) is 164 Å². The van der Waals surface area contributed by atoms with Crippen LogP contribution in [0.1, 0.15) is 152 Å². The third kappa shape index (κ3) is 130. The van der Waals surface area contributed by atoms with Crippen molar-refractivity contribution >= 4 is 0 Å². The molecule has 0 heterocycles. The van der Waals surface area contributed by atoms with Crippen LogP contribution in [0.25, 0.3) is 0 Å². The zero-order chi connectivity index (χ0) is 33.9. The van der Waals surface area contributed by atoms with Crippen LogP contribution < -0.4 is 0 Å². The molecule has 0 radical (unpaired) electrons. The smallest absolute Gasteiger partial charge is 0.0518 e. The Bertz CT molecular complexity index is 347. The normalized spacial score (nSPS) is 10.3. The molecule has 4 heteroatoms. The van der Waals surface area contributed by atoms with Gasteiger partial charge in [-0.25, -0.2) is 0 Å². The molecule has 0 unspecified atom stereocenters. The molecule has 0 spiro atoms. The molecule has 0 N–H and O–H groups in total. The summed E-state index contributed by atoms with van der Waals surface area (Å²) in [6, 6.07) is 0. The summed E-state index contributed by atoms with van der Waals surface area (Å²) in [5.74, 6) is 3.87. The molecule has 0 aromatic heterocycles. The molecule has 0 aromatic rings. The highest BCUT2D eigenvalue weighted by molar-refractivity contribution is 4.64. The van der Waals surface area contributed by atoms with E-state index in [-0.39, 0.29) is 0 Å². The van der Waals surface area contributed by atoms with Gasteiger partial charge >= 0.3 is 0 Å². The average Bonchev–Trinajstić information content (AvgIpc) is 2.78. The van der Waals surface area contributed by atoms with E-state index >= 15 is 0 Å². The maximum atomic E-state index is 5.09. The number of rotatable bonds is 9. The zero-order valence-electron chi connectivity index (χ0n) is 32.7. The van der Waals surface area contributed by atoms with Crippen molar-refractivity contribution in [3.05, 3.63) is 0 Å². The lowest BCUT2D eigenvalue weighted by molar-refractivity contribution is 0.0899. The minimum absolute atomic E-state index is 0.384. The molecule has 0 bridgehead atoms. The molecule has 0 saturated heterocycles. The third-order valence-corrected chi connectivity index (χ3v) is 4.68. The lowest BCUT2D eigenvalue weighted by Gasteiger charge is -2.22. The Balaban J connectivity index is -0.0000000640. The van der Waals surface area contributed by atoms with Crippen LogP contribution >= 0.6 is 0 Å². The molecule has 40 heavy (non-hydrogen) atoms. The van der Waals surface area contributed by atoms with Crippen molar-refractivity contribution in [1.29, 1.82) is 0 Å². The third-order valence-electron chi connectivity index (χ3n) is 4.68. The highest BCUT2D eigenvalue weighted by Gasteiger charge is 2.13. The van der Waals surface area contributed by atoms with Gasteiger partial charge in [-0.3, -0.25) is 0 Å². The van der Waals surface area contributed by atoms with Crippen LogP contribution in [0.15, 0.2) is 0 Å². The fourth-order valence-electron chi connectivity index (χ4n) is 1.02. The van der Waals surface area contributed by atoms with Crippen LogP contribution in [0.4, 0.5) is 0 Å². The van der Waals surface area contributed by atoms with E-state index in [2.05, 4.69) is 104 Å². The Morgan fingerprint density at radius 3 is 0.850 bits per heavy atom. The van der Waals surface area contributed by atoms with E-state index in [9.17, 15) is 0 Å². The quantitative estimate of drug-likeness (QED) is 0.271. The average molecular weight is 583 g/mol. The SMILES string of the molecule is CC(C)C.CC(C)C(C)(C)C.CCC(C)C.CCOC(C)C.CCOCC(C)C.COC(C)C.COCC(C)C. The topological polar surface area (TPSA) is 36.9 Å². The minimum atomic E-state index is 0.384. The Morgan fingerprint density at radius 2 is 0.825 bits per heavy atom. The number of methoxy groups -OCH3 is 2. The van der Waals surface area contributed by atoms with Crippen molar-refractivity contribution in [1.82, 2.24) is 0 Å². The van der Waals surface area contributed by atoms with Crippen LogP contribution in [-0.2, 0) is 18.9 Å². The Hall–Kier alpha value is -0.160. The Morgan fingerprint density at radius 1 is 0.525 bits per heavy atom. The van der Waals surface area contributed by atoms with Crippen LogP contribution in [-0.4, -0.2) is 52.9 Å². The van der Waals surface area contributed by atoms with Crippen molar-refractivity contribution < 1.29 is 18.9 Å². The number of ether oxygens (including phenoxy) is 4. The van der Waals surface area contributed by atoms with Crippen LogP contribution in [0.2, 0.25) is 0 Å². The fourth-order valence-corrected chi connectivity index (χ4v) is 1.02. The predicted octanol–water partition coefficient (Wildman–Crippen LogP) is 11.8. The van der Waals surface area contributed by atoms with Gasteiger partial charge in [0.1, 0.15) is 0 Å². The maximum absolute atomic E-state index is 5.09. The lowest BCUT2D eigenvalue weighted by Crippen LogP contribution is -2.12. The van der Waals surface area contributed by atoms with E-state index in [0.717, 1.165) is 44.2 Å². The van der Waals surface area contributed by atoms with Crippen LogP contribution in [0.5, 0.6) is 0 Å². The van der Waals surface area contributed by atoms with Crippen molar-refractivity contribution in [2.75, 3.05) is 40.6 Å². The van der Waals surface area contributed by atoms with Gasteiger partial charge in [0, 0.05) is 40.6 Å². The molecule has 0 aromatic carbocycles. The summed E-state index contributed by atoms with van der Waals surface area (Å²) < 4.78 is 19.7. The number of hydrogen-bond acceptors (Lipinski definition) is 4. The molecule has 0 aliphatic carbocycles. The standard InChI is InChI=1S/C7H16.C6H14O.2C5H12O.C5H12.C4H10O.C4H10/c1-6(2)7(3,4)5;1-4-7-5-6(2)3;1-5(2)4-6-3;1-4-6-5(2)3;1-4-5(2)3;1-4(2)5-3;1-4(2)3/h6H,1-5H3;6H,4-5H2,1-3H3;2*5H,4H2,1-3H3;5H,4H2,1-3H3;4H,1-3H3;4H,1-3H3. The van der Waals surface area contributed by atoms with E-state index in [1.807, 2.05) is 41.5 Å². The van der Waals surface area contributed by atoms with Crippen LogP contribution in [0, 0.1) is 35.0 Å². The van der Waals surface area contributed by atoms with Gasteiger partial charge in [0.15, 0.2) is 0 Å². The second kappa shape index (κ2) is 43.3. The summed E-state index contributed by atoms with van der Waals surface area (Å²) in [7, 11) is 3.42. The lowest BCUT2D eigenvalue weighted by atomic mass is 9.84. The predicted molar refractivity (Wildman–Crippen MR) is 187 cm³/mol. The van der Waals surface area contributed by atoms with Crippen molar-refractivity contribution in [3.8, 4) is 0 Å². The van der Waals surface area contributed by atoms with E-state index < -0.39 is 0 Å².